The van der Waals surface area contributed by atoms with Crippen molar-refractivity contribution in [2.24, 2.45) is 5.92 Å². The van der Waals surface area contributed by atoms with E-state index in [0.717, 1.165) is 5.57 Å². The molecule has 1 aliphatic rings. The molecule has 14 heavy (non-hydrogen) atoms. The minimum atomic E-state index is 0.112. The van der Waals surface area contributed by atoms with Crippen molar-refractivity contribution in [3.8, 4) is 0 Å². The fraction of sp³-hybridized carbons (Fsp3) is 0.231. The fourth-order valence-corrected chi connectivity index (χ4v) is 1.85. The van der Waals surface area contributed by atoms with Gasteiger partial charge >= 0.3 is 0 Å². The van der Waals surface area contributed by atoms with Gasteiger partial charge in [-0.1, -0.05) is 43.0 Å². The van der Waals surface area contributed by atoms with Crippen molar-refractivity contribution in [2.75, 3.05) is 6.61 Å². The molecule has 1 aromatic rings. The minimum absolute atomic E-state index is 0.112. The van der Waals surface area contributed by atoms with Gasteiger partial charge in [-0.05, 0) is 11.1 Å². The third-order valence-electron chi connectivity index (χ3n) is 2.63. The van der Waals surface area contributed by atoms with Crippen molar-refractivity contribution >= 4 is 0 Å². The summed E-state index contributed by atoms with van der Waals surface area (Å²) in [6.07, 6.45) is 2.04. The molecule has 1 aliphatic heterocycles. The summed E-state index contributed by atoms with van der Waals surface area (Å²) in [5.74, 6) is 0.261. The van der Waals surface area contributed by atoms with Crippen molar-refractivity contribution in [3.63, 3.8) is 0 Å². The van der Waals surface area contributed by atoms with Crippen molar-refractivity contribution in [1.29, 1.82) is 0 Å². The average molecular weight is 186 g/mol. The summed E-state index contributed by atoms with van der Waals surface area (Å²) in [6, 6.07) is 10.2. The van der Waals surface area contributed by atoms with Gasteiger partial charge in [0.1, 0.15) is 0 Å². The third kappa shape index (κ3) is 1.51. The van der Waals surface area contributed by atoms with Gasteiger partial charge in [-0.25, -0.2) is 0 Å². The molecule has 0 saturated carbocycles. The normalized spacial score (nSPS) is 26.4. The molecule has 0 amide bonds. The number of rotatable bonds is 2. The monoisotopic (exact) mass is 186 g/mol. The molecule has 1 nitrogen and oxygen atoms in total. The SMILES string of the molecule is C=C[C@H]1C(=C)CO[C@@H]1c1ccccc1. The van der Waals surface area contributed by atoms with Crippen LogP contribution in [0.3, 0.4) is 0 Å². The molecular weight excluding hydrogens is 172 g/mol. The highest BCUT2D eigenvalue weighted by Gasteiger charge is 2.29. The van der Waals surface area contributed by atoms with Gasteiger partial charge in [-0.2, -0.15) is 0 Å². The largest absolute Gasteiger partial charge is 0.368 e. The molecule has 1 saturated heterocycles. The van der Waals surface area contributed by atoms with Gasteiger partial charge in [-0.15, -0.1) is 6.58 Å². The molecule has 1 heterocycles. The zero-order chi connectivity index (χ0) is 9.97. The van der Waals surface area contributed by atoms with Gasteiger partial charge in [0.15, 0.2) is 0 Å². The molecule has 1 aromatic carbocycles. The highest BCUT2D eigenvalue weighted by atomic mass is 16.5. The van der Waals surface area contributed by atoms with Gasteiger partial charge in [0.25, 0.3) is 0 Å². The highest BCUT2D eigenvalue weighted by Crippen LogP contribution is 2.37. The van der Waals surface area contributed by atoms with Gasteiger partial charge in [0, 0.05) is 5.92 Å². The Kier molecular flexibility index (Phi) is 2.51. The molecule has 1 heteroatoms. The van der Waals surface area contributed by atoms with Crippen molar-refractivity contribution < 1.29 is 4.74 Å². The Hall–Kier alpha value is -1.34. The lowest BCUT2D eigenvalue weighted by atomic mass is 9.93. The number of benzene rings is 1. The molecule has 1 fully saturated rings. The molecule has 0 spiro atoms. The minimum Gasteiger partial charge on any atom is -0.368 e. The molecule has 2 rings (SSSR count). The predicted molar refractivity (Wildman–Crippen MR) is 58.0 cm³/mol. The number of hydrogen-bond donors (Lipinski definition) is 0. The molecule has 0 bridgehead atoms. The van der Waals surface area contributed by atoms with E-state index >= 15 is 0 Å². The predicted octanol–water partition coefficient (Wildman–Crippen LogP) is 3.12. The van der Waals surface area contributed by atoms with E-state index in [-0.39, 0.29) is 12.0 Å². The summed E-state index contributed by atoms with van der Waals surface area (Å²) < 4.78 is 5.68. The second-order valence-electron chi connectivity index (χ2n) is 3.56. The molecule has 0 radical (unpaired) electrons. The van der Waals surface area contributed by atoms with Crippen LogP contribution < -0.4 is 0 Å². The topological polar surface area (TPSA) is 9.23 Å². The van der Waals surface area contributed by atoms with E-state index in [0.29, 0.717) is 6.61 Å². The van der Waals surface area contributed by atoms with Crippen LogP contribution in [0.2, 0.25) is 0 Å². The van der Waals surface area contributed by atoms with Crippen LogP contribution in [0.5, 0.6) is 0 Å². The Morgan fingerprint density at radius 3 is 2.64 bits per heavy atom. The molecule has 0 N–H and O–H groups in total. The maximum Gasteiger partial charge on any atom is 0.0929 e. The van der Waals surface area contributed by atoms with Gasteiger partial charge in [0.05, 0.1) is 12.7 Å². The van der Waals surface area contributed by atoms with Gasteiger partial charge < -0.3 is 4.74 Å². The van der Waals surface area contributed by atoms with Crippen LogP contribution in [0.1, 0.15) is 11.7 Å². The molecule has 0 unspecified atom stereocenters. The van der Waals surface area contributed by atoms with Crippen LogP contribution in [-0.2, 0) is 4.74 Å². The van der Waals surface area contributed by atoms with Crippen molar-refractivity contribution in [2.45, 2.75) is 6.10 Å². The summed E-state index contributed by atoms with van der Waals surface area (Å²) in [5, 5.41) is 0. The summed E-state index contributed by atoms with van der Waals surface area (Å²) >= 11 is 0. The quantitative estimate of drug-likeness (QED) is 0.645. The first kappa shape index (κ1) is 9.22. The summed E-state index contributed by atoms with van der Waals surface area (Å²) in [7, 11) is 0. The lowest BCUT2D eigenvalue weighted by Gasteiger charge is -2.15. The summed E-state index contributed by atoms with van der Waals surface area (Å²) in [4.78, 5) is 0. The molecule has 72 valence electrons. The van der Waals surface area contributed by atoms with E-state index in [2.05, 4.69) is 25.3 Å². The summed E-state index contributed by atoms with van der Waals surface area (Å²) in [6.45, 7) is 8.46. The second kappa shape index (κ2) is 3.81. The first-order chi connectivity index (χ1) is 6.83. The molecule has 0 aromatic heterocycles. The molecular formula is C13H14O. The van der Waals surface area contributed by atoms with E-state index in [9.17, 15) is 0 Å². The van der Waals surface area contributed by atoms with E-state index < -0.39 is 0 Å². The number of hydrogen-bond acceptors (Lipinski definition) is 1. The third-order valence-corrected chi connectivity index (χ3v) is 2.63. The Morgan fingerprint density at radius 2 is 2.00 bits per heavy atom. The standard InChI is InChI=1S/C13H14O/c1-3-12-10(2)9-14-13(12)11-7-5-4-6-8-11/h3-8,12-13H,1-2,9H2/t12-,13+/m0/s1. The zero-order valence-corrected chi connectivity index (χ0v) is 8.15. The Morgan fingerprint density at radius 1 is 1.29 bits per heavy atom. The van der Waals surface area contributed by atoms with E-state index in [1.165, 1.54) is 5.56 Å². The van der Waals surface area contributed by atoms with E-state index in [1.54, 1.807) is 0 Å². The van der Waals surface area contributed by atoms with Crippen LogP contribution in [-0.4, -0.2) is 6.61 Å². The second-order valence-corrected chi connectivity index (χ2v) is 3.56. The van der Waals surface area contributed by atoms with E-state index in [4.69, 9.17) is 4.74 Å². The maximum atomic E-state index is 5.68. The van der Waals surface area contributed by atoms with Crippen LogP contribution in [0.4, 0.5) is 0 Å². The first-order valence-electron chi connectivity index (χ1n) is 4.79. The molecule has 2 atom stereocenters. The summed E-state index contributed by atoms with van der Waals surface area (Å²) in [5.41, 5.74) is 2.32. The van der Waals surface area contributed by atoms with Crippen LogP contribution in [0.15, 0.2) is 55.1 Å². The highest BCUT2D eigenvalue weighted by molar-refractivity contribution is 5.26. The van der Waals surface area contributed by atoms with Crippen LogP contribution >= 0.6 is 0 Å². The first-order valence-corrected chi connectivity index (χ1v) is 4.79. The molecule has 0 aliphatic carbocycles. The lowest BCUT2D eigenvalue weighted by Crippen LogP contribution is -2.05. The Balaban J connectivity index is 2.27. The van der Waals surface area contributed by atoms with Gasteiger partial charge in [-0.3, -0.25) is 0 Å². The number of ether oxygens (including phenoxy) is 1. The van der Waals surface area contributed by atoms with E-state index in [1.807, 2.05) is 24.3 Å². The van der Waals surface area contributed by atoms with Crippen LogP contribution in [0.25, 0.3) is 0 Å². The van der Waals surface area contributed by atoms with Gasteiger partial charge in [0.2, 0.25) is 0 Å². The maximum absolute atomic E-state index is 5.68. The smallest absolute Gasteiger partial charge is 0.0929 e. The zero-order valence-electron chi connectivity index (χ0n) is 8.15. The Bertz CT molecular complexity index is 340. The average Bonchev–Trinajstić information content (AvgIpc) is 2.61. The fourth-order valence-electron chi connectivity index (χ4n) is 1.85. The Labute approximate surface area is 84.7 Å². The van der Waals surface area contributed by atoms with Crippen LogP contribution in [0, 0.1) is 5.92 Å². The lowest BCUT2D eigenvalue weighted by molar-refractivity contribution is 0.101. The van der Waals surface area contributed by atoms with Crippen molar-refractivity contribution in [1.82, 2.24) is 0 Å². The van der Waals surface area contributed by atoms with Crippen molar-refractivity contribution in [3.05, 3.63) is 60.7 Å².